The summed E-state index contributed by atoms with van der Waals surface area (Å²) in [5, 5.41) is 2.77. The molecular weight excluding hydrogens is 541 g/mol. The van der Waals surface area contributed by atoms with Crippen LogP contribution in [0.1, 0.15) is 18.4 Å². The van der Waals surface area contributed by atoms with E-state index in [9.17, 15) is 26.4 Å². The third-order valence-electron chi connectivity index (χ3n) is 5.28. The second kappa shape index (κ2) is 10.7. The SMILES string of the molecule is O=C(NCc1cccc(Oc2ccc(OC(F)(F)F)cc2)c1)[C@@H]1CCCN1S(=O)(=O)c1ccc(Cl)s1. The van der Waals surface area contributed by atoms with E-state index in [2.05, 4.69) is 10.1 Å². The number of benzene rings is 2. The first kappa shape index (κ1) is 26.3. The summed E-state index contributed by atoms with van der Waals surface area (Å²) < 4.78 is 74.0. The average molecular weight is 561 g/mol. The number of rotatable bonds is 8. The lowest BCUT2D eigenvalue weighted by atomic mass is 10.2. The lowest BCUT2D eigenvalue weighted by molar-refractivity contribution is -0.274. The van der Waals surface area contributed by atoms with Crippen LogP contribution in [0, 0.1) is 0 Å². The lowest BCUT2D eigenvalue weighted by Crippen LogP contribution is -2.45. The molecule has 1 amide bonds. The van der Waals surface area contributed by atoms with Gasteiger partial charge in [-0.25, -0.2) is 8.42 Å². The summed E-state index contributed by atoms with van der Waals surface area (Å²) in [6, 6.07) is 13.8. The third-order valence-corrected chi connectivity index (χ3v) is 8.88. The molecule has 1 aliphatic rings. The topological polar surface area (TPSA) is 84.9 Å². The van der Waals surface area contributed by atoms with Crippen LogP contribution in [0.4, 0.5) is 13.2 Å². The Morgan fingerprint density at radius 3 is 2.47 bits per heavy atom. The smallest absolute Gasteiger partial charge is 0.457 e. The Morgan fingerprint density at radius 1 is 1.08 bits per heavy atom. The molecule has 0 bridgehead atoms. The van der Waals surface area contributed by atoms with E-state index >= 15 is 0 Å². The van der Waals surface area contributed by atoms with Gasteiger partial charge in [0.2, 0.25) is 5.91 Å². The minimum Gasteiger partial charge on any atom is -0.457 e. The van der Waals surface area contributed by atoms with Crippen molar-refractivity contribution >= 4 is 38.9 Å². The number of amides is 1. The quantitative estimate of drug-likeness (QED) is 0.390. The van der Waals surface area contributed by atoms with Crippen molar-refractivity contribution in [2.45, 2.75) is 36.0 Å². The van der Waals surface area contributed by atoms with Crippen LogP contribution in [-0.2, 0) is 21.4 Å². The molecule has 1 aromatic heterocycles. The van der Waals surface area contributed by atoms with E-state index < -0.39 is 28.3 Å². The van der Waals surface area contributed by atoms with Crippen molar-refractivity contribution in [1.29, 1.82) is 0 Å². The van der Waals surface area contributed by atoms with Gasteiger partial charge in [-0.2, -0.15) is 4.31 Å². The monoisotopic (exact) mass is 560 g/mol. The van der Waals surface area contributed by atoms with Gasteiger partial charge in [0, 0.05) is 13.1 Å². The Kier molecular flexibility index (Phi) is 7.79. The number of carbonyl (C=O) groups excluding carboxylic acids is 1. The minimum absolute atomic E-state index is 0.0926. The summed E-state index contributed by atoms with van der Waals surface area (Å²) in [5.41, 5.74) is 0.690. The van der Waals surface area contributed by atoms with Crippen molar-refractivity contribution in [1.82, 2.24) is 9.62 Å². The molecule has 0 saturated carbocycles. The molecule has 1 saturated heterocycles. The Morgan fingerprint density at radius 2 is 1.81 bits per heavy atom. The van der Waals surface area contributed by atoms with Crippen molar-refractivity contribution in [3.8, 4) is 17.2 Å². The minimum atomic E-state index is -4.78. The van der Waals surface area contributed by atoms with E-state index in [-0.39, 0.29) is 23.0 Å². The summed E-state index contributed by atoms with van der Waals surface area (Å²) in [6.07, 6.45) is -3.81. The molecule has 0 spiro atoms. The lowest BCUT2D eigenvalue weighted by Gasteiger charge is -2.22. The zero-order valence-corrected chi connectivity index (χ0v) is 20.9. The number of carbonyl (C=O) groups is 1. The molecule has 13 heteroatoms. The number of hydrogen-bond donors (Lipinski definition) is 1. The number of ether oxygens (including phenoxy) is 2. The number of thiophene rings is 1. The molecule has 2 aromatic carbocycles. The van der Waals surface area contributed by atoms with Crippen molar-refractivity contribution in [3.63, 3.8) is 0 Å². The fourth-order valence-corrected chi connectivity index (χ4v) is 6.98. The Labute approximate surface area is 214 Å². The molecule has 1 aliphatic heterocycles. The molecule has 7 nitrogen and oxygen atoms in total. The van der Waals surface area contributed by atoms with Crippen molar-refractivity contribution in [2.75, 3.05) is 6.54 Å². The first-order chi connectivity index (χ1) is 17.0. The van der Waals surface area contributed by atoms with Crippen molar-refractivity contribution in [3.05, 3.63) is 70.6 Å². The van der Waals surface area contributed by atoms with Gasteiger partial charge in [-0.05, 0) is 66.9 Å². The maximum Gasteiger partial charge on any atom is 0.573 e. The summed E-state index contributed by atoms with van der Waals surface area (Å²) in [4.78, 5) is 12.9. The van der Waals surface area contributed by atoms with Gasteiger partial charge in [0.1, 0.15) is 27.5 Å². The van der Waals surface area contributed by atoms with Crippen LogP contribution in [0.15, 0.2) is 64.9 Å². The molecule has 0 aliphatic carbocycles. The number of nitrogens with one attached hydrogen (secondary N) is 1. The maximum atomic E-state index is 13.0. The number of hydrogen-bond acceptors (Lipinski definition) is 6. The number of nitrogens with zero attached hydrogens (tertiary/aromatic N) is 1. The van der Waals surface area contributed by atoms with Gasteiger partial charge in [0.15, 0.2) is 0 Å². The summed E-state index contributed by atoms with van der Waals surface area (Å²) in [7, 11) is -3.83. The molecule has 1 fully saturated rings. The van der Waals surface area contributed by atoms with E-state index in [0.717, 1.165) is 23.5 Å². The molecule has 0 unspecified atom stereocenters. The molecule has 192 valence electrons. The molecule has 1 atom stereocenters. The first-order valence-electron chi connectivity index (χ1n) is 10.7. The van der Waals surface area contributed by atoms with Crippen molar-refractivity contribution < 1.29 is 35.9 Å². The molecule has 4 rings (SSSR count). The maximum absolute atomic E-state index is 13.0. The highest BCUT2D eigenvalue weighted by atomic mass is 35.5. The van der Waals surface area contributed by atoms with E-state index in [4.69, 9.17) is 16.3 Å². The van der Waals surface area contributed by atoms with Gasteiger partial charge in [-0.15, -0.1) is 24.5 Å². The van der Waals surface area contributed by atoms with E-state index in [1.807, 2.05) is 0 Å². The number of halogens is 4. The molecule has 2 heterocycles. The second-order valence-corrected chi connectivity index (χ2v) is 11.7. The van der Waals surface area contributed by atoms with Gasteiger partial charge in [0.25, 0.3) is 10.0 Å². The Bertz CT molecular complexity index is 1330. The van der Waals surface area contributed by atoms with Crippen LogP contribution in [-0.4, -0.2) is 37.6 Å². The van der Waals surface area contributed by atoms with Crippen LogP contribution in [0.3, 0.4) is 0 Å². The van der Waals surface area contributed by atoms with E-state index in [1.165, 1.54) is 28.6 Å². The van der Waals surface area contributed by atoms with Crippen LogP contribution >= 0.6 is 22.9 Å². The highest BCUT2D eigenvalue weighted by molar-refractivity contribution is 7.91. The standard InChI is InChI=1S/C23H20ClF3N2O5S2/c24-20-10-11-21(35-20)36(31,32)29-12-2-5-19(29)22(30)28-14-15-3-1-4-18(13-15)33-16-6-8-17(9-7-16)34-23(25,26)27/h1,3-4,6-11,13,19H,2,5,12,14H2,(H,28,30)/t19-/m0/s1. The first-order valence-corrected chi connectivity index (χ1v) is 13.3. The summed E-state index contributed by atoms with van der Waals surface area (Å²) in [5.74, 6) is -0.0705. The third kappa shape index (κ3) is 6.49. The number of alkyl halides is 3. The van der Waals surface area contributed by atoms with E-state index in [0.29, 0.717) is 34.2 Å². The van der Waals surface area contributed by atoms with E-state index in [1.54, 1.807) is 24.3 Å². The van der Waals surface area contributed by atoms with Gasteiger partial charge in [-0.3, -0.25) is 4.79 Å². The fourth-order valence-electron chi connectivity index (χ4n) is 3.71. The Balaban J connectivity index is 1.37. The molecule has 1 N–H and O–H groups in total. The van der Waals surface area contributed by atoms with Crippen LogP contribution in [0.2, 0.25) is 4.34 Å². The average Bonchev–Trinajstić information content (AvgIpc) is 3.48. The predicted octanol–water partition coefficient (Wildman–Crippen LogP) is 5.56. The van der Waals surface area contributed by atoms with Crippen LogP contribution in [0.25, 0.3) is 0 Å². The van der Waals surface area contributed by atoms with Crippen molar-refractivity contribution in [2.24, 2.45) is 0 Å². The molecule has 3 aromatic rings. The zero-order valence-electron chi connectivity index (χ0n) is 18.5. The molecule has 0 radical (unpaired) electrons. The number of sulfonamides is 1. The molecular formula is C23H20ClF3N2O5S2. The normalized spacial score (nSPS) is 16.6. The van der Waals surface area contributed by atoms with Gasteiger partial charge in [-0.1, -0.05) is 23.7 Å². The second-order valence-electron chi connectivity index (χ2n) is 7.82. The zero-order chi connectivity index (χ0) is 25.9. The highest BCUT2D eigenvalue weighted by Crippen LogP contribution is 2.32. The van der Waals surface area contributed by atoms with Gasteiger partial charge < -0.3 is 14.8 Å². The fraction of sp³-hybridized carbons (Fsp3) is 0.261. The largest absolute Gasteiger partial charge is 0.573 e. The van der Waals surface area contributed by atoms with Gasteiger partial charge >= 0.3 is 6.36 Å². The highest BCUT2D eigenvalue weighted by Gasteiger charge is 2.40. The summed E-state index contributed by atoms with van der Waals surface area (Å²) >= 11 is 6.83. The predicted molar refractivity (Wildman–Crippen MR) is 128 cm³/mol. The van der Waals surface area contributed by atoms with Crippen LogP contribution < -0.4 is 14.8 Å². The Hall–Kier alpha value is -2.80. The van der Waals surface area contributed by atoms with Crippen LogP contribution in [0.5, 0.6) is 17.2 Å². The van der Waals surface area contributed by atoms with Gasteiger partial charge in [0.05, 0.1) is 4.34 Å². The summed E-state index contributed by atoms with van der Waals surface area (Å²) in [6.45, 7) is 0.371. The molecule has 36 heavy (non-hydrogen) atoms.